The molecule has 3 heterocycles. The minimum absolute atomic E-state index is 0.168. The molecular formula is C25H24ClN3O3. The summed E-state index contributed by atoms with van der Waals surface area (Å²) < 4.78 is 16.8. The fourth-order valence-corrected chi connectivity index (χ4v) is 5.20. The van der Waals surface area contributed by atoms with E-state index in [9.17, 15) is 0 Å². The number of hydrazine groups is 1. The topological polar surface area (TPSA) is 55.0 Å². The molecule has 3 aromatic rings. The van der Waals surface area contributed by atoms with E-state index < -0.39 is 0 Å². The van der Waals surface area contributed by atoms with Gasteiger partial charge >= 0.3 is 0 Å². The van der Waals surface area contributed by atoms with Gasteiger partial charge in [0.25, 0.3) is 0 Å². The average Bonchev–Trinajstić information content (AvgIpc) is 3.45. The molecule has 0 amide bonds. The Balaban J connectivity index is 1.39. The predicted octanol–water partition coefficient (Wildman–Crippen LogP) is 4.60. The van der Waals surface area contributed by atoms with Crippen molar-refractivity contribution in [2.75, 3.05) is 25.3 Å². The lowest BCUT2D eigenvalue weighted by Crippen LogP contribution is -2.39. The zero-order valence-corrected chi connectivity index (χ0v) is 18.4. The molecule has 0 aromatic heterocycles. The molecule has 0 spiro atoms. The molecule has 1 saturated heterocycles. The van der Waals surface area contributed by atoms with Crippen LogP contribution in [0.4, 0.5) is 5.69 Å². The highest BCUT2D eigenvalue weighted by Crippen LogP contribution is 2.49. The molecule has 3 unspecified atom stereocenters. The number of fused-ring (bicyclic) bond motifs is 4. The van der Waals surface area contributed by atoms with Gasteiger partial charge in [-0.25, -0.2) is 10.9 Å². The van der Waals surface area contributed by atoms with Crippen LogP contribution < -0.4 is 30.0 Å². The second-order valence-corrected chi connectivity index (χ2v) is 8.89. The van der Waals surface area contributed by atoms with Gasteiger partial charge in [-0.3, -0.25) is 0 Å². The van der Waals surface area contributed by atoms with Crippen molar-refractivity contribution in [3.63, 3.8) is 0 Å². The second kappa shape index (κ2) is 7.89. The van der Waals surface area contributed by atoms with Crippen molar-refractivity contribution in [3.8, 4) is 17.2 Å². The van der Waals surface area contributed by atoms with Crippen LogP contribution in [0, 0.1) is 5.92 Å². The number of rotatable bonds is 4. The van der Waals surface area contributed by atoms with E-state index in [-0.39, 0.29) is 18.9 Å². The molecule has 0 bridgehead atoms. The van der Waals surface area contributed by atoms with Crippen molar-refractivity contribution in [1.29, 1.82) is 0 Å². The van der Waals surface area contributed by atoms with Crippen LogP contribution in [0.15, 0.2) is 60.7 Å². The van der Waals surface area contributed by atoms with Crippen molar-refractivity contribution in [1.82, 2.24) is 10.9 Å². The smallest absolute Gasteiger partial charge is 0.231 e. The lowest BCUT2D eigenvalue weighted by molar-refractivity contribution is 0.174. The van der Waals surface area contributed by atoms with Gasteiger partial charge in [0.15, 0.2) is 11.5 Å². The molecule has 3 aromatic carbocycles. The molecule has 0 radical (unpaired) electrons. The van der Waals surface area contributed by atoms with Crippen molar-refractivity contribution in [2.24, 2.45) is 5.92 Å². The summed E-state index contributed by atoms with van der Waals surface area (Å²) in [6.07, 6.45) is 0. The van der Waals surface area contributed by atoms with E-state index >= 15 is 0 Å². The highest BCUT2D eigenvalue weighted by atomic mass is 35.5. The largest absolute Gasteiger partial charge is 0.497 e. The number of hydrogen-bond donors (Lipinski definition) is 2. The number of anilines is 1. The molecule has 6 rings (SSSR count). The maximum Gasteiger partial charge on any atom is 0.231 e. The molecule has 0 aliphatic carbocycles. The normalized spacial score (nSPS) is 23.1. The maximum absolute atomic E-state index is 6.13. The predicted molar refractivity (Wildman–Crippen MR) is 123 cm³/mol. The number of benzene rings is 3. The van der Waals surface area contributed by atoms with Crippen LogP contribution in [0.2, 0.25) is 5.02 Å². The molecule has 32 heavy (non-hydrogen) atoms. The average molecular weight is 450 g/mol. The van der Waals surface area contributed by atoms with Gasteiger partial charge in [0.05, 0.1) is 19.2 Å². The summed E-state index contributed by atoms with van der Waals surface area (Å²) >= 11 is 6.13. The van der Waals surface area contributed by atoms with Crippen molar-refractivity contribution < 1.29 is 14.2 Å². The standard InChI is InChI=1S/C25H24ClN3O3/c1-30-18-4-2-3-15(9-18)12-29-13-20-24(16-5-7-17(26)8-6-16)27-28-25(20)19-10-22-23(11-21(19)29)32-14-31-22/h2-11,20,24-25,27-28H,12-14H2,1H3. The van der Waals surface area contributed by atoms with Gasteiger partial charge in [-0.15, -0.1) is 0 Å². The van der Waals surface area contributed by atoms with Crippen molar-refractivity contribution in [3.05, 3.63) is 82.4 Å². The number of ether oxygens (including phenoxy) is 3. The Hall–Kier alpha value is -2.93. The Bertz CT molecular complexity index is 1150. The first-order valence-electron chi connectivity index (χ1n) is 10.8. The quantitative estimate of drug-likeness (QED) is 0.607. The fraction of sp³-hybridized carbons (Fsp3) is 0.280. The van der Waals surface area contributed by atoms with E-state index in [4.69, 9.17) is 25.8 Å². The van der Waals surface area contributed by atoms with Gasteiger partial charge < -0.3 is 19.1 Å². The van der Waals surface area contributed by atoms with Crippen LogP contribution in [-0.2, 0) is 6.54 Å². The van der Waals surface area contributed by atoms with Crippen LogP contribution >= 0.6 is 11.6 Å². The third kappa shape index (κ3) is 3.35. The van der Waals surface area contributed by atoms with Gasteiger partial charge in [-0.05, 0) is 47.0 Å². The fourth-order valence-electron chi connectivity index (χ4n) is 5.07. The number of nitrogens with one attached hydrogen (secondary N) is 2. The first-order chi connectivity index (χ1) is 15.7. The highest BCUT2D eigenvalue weighted by molar-refractivity contribution is 6.30. The van der Waals surface area contributed by atoms with Gasteiger partial charge in [0.2, 0.25) is 6.79 Å². The van der Waals surface area contributed by atoms with E-state index in [0.29, 0.717) is 5.92 Å². The Morgan fingerprint density at radius 3 is 2.59 bits per heavy atom. The van der Waals surface area contributed by atoms with E-state index in [1.165, 1.54) is 22.4 Å². The number of halogens is 1. The Morgan fingerprint density at radius 2 is 1.78 bits per heavy atom. The molecule has 2 N–H and O–H groups in total. The van der Waals surface area contributed by atoms with Gasteiger partial charge in [0.1, 0.15) is 5.75 Å². The molecule has 0 saturated carbocycles. The molecule has 3 atom stereocenters. The molecular weight excluding hydrogens is 426 g/mol. The molecule has 1 fully saturated rings. The van der Waals surface area contributed by atoms with Crippen LogP contribution in [0.5, 0.6) is 17.2 Å². The highest BCUT2D eigenvalue weighted by Gasteiger charge is 2.44. The van der Waals surface area contributed by atoms with Gasteiger partial charge in [-0.1, -0.05) is 35.9 Å². The van der Waals surface area contributed by atoms with Crippen LogP contribution in [0.25, 0.3) is 0 Å². The Kier molecular flexibility index (Phi) is 4.86. The molecule has 6 nitrogen and oxygen atoms in total. The number of methoxy groups -OCH3 is 1. The molecule has 3 aliphatic rings. The zero-order chi connectivity index (χ0) is 21.7. The minimum Gasteiger partial charge on any atom is -0.497 e. The summed E-state index contributed by atoms with van der Waals surface area (Å²) in [5, 5.41) is 0.748. The Morgan fingerprint density at radius 1 is 1.00 bits per heavy atom. The summed E-state index contributed by atoms with van der Waals surface area (Å²) in [7, 11) is 1.70. The van der Waals surface area contributed by atoms with Crippen molar-refractivity contribution in [2.45, 2.75) is 18.6 Å². The minimum atomic E-state index is 0.168. The maximum atomic E-state index is 6.13. The summed E-state index contributed by atoms with van der Waals surface area (Å²) in [5.74, 6) is 2.81. The first kappa shape index (κ1) is 19.7. The van der Waals surface area contributed by atoms with E-state index in [1.54, 1.807) is 7.11 Å². The molecule has 3 aliphatic heterocycles. The summed E-state index contributed by atoms with van der Waals surface area (Å²) in [4.78, 5) is 2.44. The van der Waals surface area contributed by atoms with Gasteiger partial charge in [-0.2, -0.15) is 0 Å². The van der Waals surface area contributed by atoms with E-state index in [2.05, 4.69) is 52.1 Å². The van der Waals surface area contributed by atoms with Crippen molar-refractivity contribution >= 4 is 17.3 Å². The van der Waals surface area contributed by atoms with Gasteiger partial charge in [0, 0.05) is 35.8 Å². The van der Waals surface area contributed by atoms with Crippen LogP contribution in [0.1, 0.15) is 28.8 Å². The first-order valence-corrected chi connectivity index (χ1v) is 11.2. The Labute approximate surface area is 192 Å². The summed E-state index contributed by atoms with van der Waals surface area (Å²) in [6.45, 7) is 1.93. The third-order valence-electron chi connectivity index (χ3n) is 6.62. The van der Waals surface area contributed by atoms with E-state index in [0.717, 1.165) is 35.4 Å². The second-order valence-electron chi connectivity index (χ2n) is 8.46. The summed E-state index contributed by atoms with van der Waals surface area (Å²) in [5.41, 5.74) is 11.9. The monoisotopic (exact) mass is 449 g/mol. The third-order valence-corrected chi connectivity index (χ3v) is 6.87. The van der Waals surface area contributed by atoms with Crippen LogP contribution in [0.3, 0.4) is 0 Å². The van der Waals surface area contributed by atoms with Crippen LogP contribution in [-0.4, -0.2) is 20.4 Å². The zero-order valence-electron chi connectivity index (χ0n) is 17.7. The summed E-state index contributed by atoms with van der Waals surface area (Å²) in [6, 6.07) is 21.0. The number of hydrogen-bond acceptors (Lipinski definition) is 6. The van der Waals surface area contributed by atoms with E-state index in [1.807, 2.05) is 24.3 Å². The molecule has 164 valence electrons. The lowest BCUT2D eigenvalue weighted by atomic mass is 9.81. The SMILES string of the molecule is COc1cccc(CN2CC3C(c4ccc(Cl)cc4)NNC3c3cc4c(cc32)OCO4)c1. The molecule has 7 heteroatoms. The lowest BCUT2D eigenvalue weighted by Gasteiger charge is -2.39. The number of nitrogens with zero attached hydrogens (tertiary/aromatic N) is 1.